The van der Waals surface area contributed by atoms with Crippen LogP contribution < -0.4 is 10.9 Å². The highest BCUT2D eigenvalue weighted by Crippen LogP contribution is 2.32. The first-order valence-corrected chi connectivity index (χ1v) is 8.21. The summed E-state index contributed by atoms with van der Waals surface area (Å²) in [6, 6.07) is 8.67. The zero-order valence-corrected chi connectivity index (χ0v) is 13.2. The second-order valence-corrected chi connectivity index (χ2v) is 6.48. The molecular formula is C18H19NO5. The van der Waals surface area contributed by atoms with Crippen LogP contribution in [-0.2, 0) is 9.47 Å². The van der Waals surface area contributed by atoms with Crippen LogP contribution in [0.1, 0.15) is 29.8 Å². The lowest BCUT2D eigenvalue weighted by Gasteiger charge is -2.37. The molecule has 2 aliphatic heterocycles. The van der Waals surface area contributed by atoms with Gasteiger partial charge >= 0.3 is 5.63 Å². The van der Waals surface area contributed by atoms with Gasteiger partial charge in [0.1, 0.15) is 0 Å². The number of benzene rings is 1. The van der Waals surface area contributed by atoms with Crippen molar-refractivity contribution in [3.05, 3.63) is 46.5 Å². The number of carbonyl (C=O) groups excluding carboxylic acids is 1. The van der Waals surface area contributed by atoms with E-state index in [2.05, 4.69) is 5.32 Å². The van der Waals surface area contributed by atoms with Crippen molar-refractivity contribution in [2.45, 2.75) is 30.9 Å². The maximum atomic E-state index is 12.5. The van der Waals surface area contributed by atoms with Crippen LogP contribution in [0.3, 0.4) is 0 Å². The van der Waals surface area contributed by atoms with E-state index in [4.69, 9.17) is 13.9 Å². The first-order valence-electron chi connectivity index (χ1n) is 8.21. The minimum atomic E-state index is -0.495. The Balaban J connectivity index is 1.53. The number of amides is 1. The molecule has 0 aliphatic carbocycles. The van der Waals surface area contributed by atoms with Crippen molar-refractivity contribution < 1.29 is 18.7 Å². The lowest BCUT2D eigenvalue weighted by Crippen LogP contribution is -2.49. The summed E-state index contributed by atoms with van der Waals surface area (Å²) in [6.07, 6.45) is 2.31. The molecule has 2 aromatic rings. The van der Waals surface area contributed by atoms with Crippen LogP contribution in [-0.4, -0.2) is 37.4 Å². The maximum Gasteiger partial charge on any atom is 0.344 e. The Morgan fingerprint density at radius 2 is 2.12 bits per heavy atom. The van der Waals surface area contributed by atoms with Gasteiger partial charge in [-0.1, -0.05) is 18.2 Å². The van der Waals surface area contributed by atoms with Gasteiger partial charge in [0.25, 0.3) is 5.91 Å². The summed E-state index contributed by atoms with van der Waals surface area (Å²) in [5.41, 5.74) is -0.772. The second-order valence-electron chi connectivity index (χ2n) is 6.48. The van der Waals surface area contributed by atoms with Gasteiger partial charge in [0, 0.05) is 25.7 Å². The monoisotopic (exact) mass is 329 g/mol. The molecule has 6 heteroatoms. The van der Waals surface area contributed by atoms with E-state index < -0.39 is 5.63 Å². The van der Waals surface area contributed by atoms with Crippen LogP contribution >= 0.6 is 0 Å². The molecule has 2 aliphatic rings. The largest absolute Gasteiger partial charge is 0.417 e. The van der Waals surface area contributed by atoms with Gasteiger partial charge in [-0.15, -0.1) is 0 Å². The van der Waals surface area contributed by atoms with Crippen LogP contribution in [0, 0.1) is 0 Å². The topological polar surface area (TPSA) is 77.8 Å². The number of rotatable bonds is 2. The average Bonchev–Trinajstić information content (AvgIpc) is 3.02. The van der Waals surface area contributed by atoms with Crippen molar-refractivity contribution in [2.24, 2.45) is 0 Å². The third-order valence-corrected chi connectivity index (χ3v) is 4.79. The predicted octanol–water partition coefficient (Wildman–Crippen LogP) is 1.86. The molecule has 4 rings (SSSR count). The van der Waals surface area contributed by atoms with Gasteiger partial charge in [-0.05, 0) is 30.4 Å². The zero-order chi connectivity index (χ0) is 16.6. The maximum absolute atomic E-state index is 12.5. The highest BCUT2D eigenvalue weighted by Gasteiger charge is 2.41. The van der Waals surface area contributed by atoms with E-state index in [9.17, 15) is 9.59 Å². The molecule has 1 N–H and O–H groups in total. The number of ether oxygens (including phenoxy) is 2. The molecule has 0 saturated carbocycles. The van der Waals surface area contributed by atoms with Crippen LogP contribution in [0.4, 0.5) is 0 Å². The van der Waals surface area contributed by atoms with E-state index in [1.165, 1.54) is 0 Å². The van der Waals surface area contributed by atoms with Crippen LogP contribution in [0.5, 0.6) is 0 Å². The molecule has 2 saturated heterocycles. The molecule has 24 heavy (non-hydrogen) atoms. The Morgan fingerprint density at radius 3 is 2.96 bits per heavy atom. The molecule has 0 bridgehead atoms. The zero-order valence-electron chi connectivity index (χ0n) is 13.2. The SMILES string of the molecule is O=C(N[C@@H]1CCO[C@]2(CCOC2)C1)c1cc2ccccc2c(=O)o1. The van der Waals surface area contributed by atoms with Gasteiger partial charge < -0.3 is 19.2 Å². The standard InChI is InChI=1S/C18H19NO5/c20-16(15-9-12-3-1-2-4-14(12)17(21)24-15)19-13-5-7-23-18(10-13)6-8-22-11-18/h1-4,9,13H,5-8,10-11H2,(H,19,20)/t13-,18-/m1/s1. The summed E-state index contributed by atoms with van der Waals surface area (Å²) in [4.78, 5) is 24.5. The third-order valence-electron chi connectivity index (χ3n) is 4.79. The predicted molar refractivity (Wildman–Crippen MR) is 87.1 cm³/mol. The van der Waals surface area contributed by atoms with Gasteiger partial charge in [-0.2, -0.15) is 0 Å². The minimum absolute atomic E-state index is 0.00952. The van der Waals surface area contributed by atoms with Crippen molar-refractivity contribution in [3.63, 3.8) is 0 Å². The van der Waals surface area contributed by atoms with Crippen molar-refractivity contribution in [3.8, 4) is 0 Å². The molecule has 0 unspecified atom stereocenters. The van der Waals surface area contributed by atoms with Crippen molar-refractivity contribution in [1.29, 1.82) is 0 Å². The van der Waals surface area contributed by atoms with Gasteiger partial charge in [0.2, 0.25) is 0 Å². The fourth-order valence-electron chi connectivity index (χ4n) is 3.52. The second kappa shape index (κ2) is 6.03. The summed E-state index contributed by atoms with van der Waals surface area (Å²) in [5.74, 6) is -0.319. The quantitative estimate of drug-likeness (QED) is 0.910. The molecule has 2 atom stereocenters. The van der Waals surface area contributed by atoms with Crippen molar-refractivity contribution in [2.75, 3.05) is 19.8 Å². The number of hydrogen-bond acceptors (Lipinski definition) is 5. The van der Waals surface area contributed by atoms with E-state index in [-0.39, 0.29) is 23.3 Å². The molecule has 1 aromatic carbocycles. The van der Waals surface area contributed by atoms with E-state index in [0.29, 0.717) is 30.6 Å². The Labute approximate surface area is 138 Å². The van der Waals surface area contributed by atoms with E-state index in [1.807, 2.05) is 6.07 Å². The molecule has 1 amide bonds. The van der Waals surface area contributed by atoms with Crippen LogP contribution in [0.25, 0.3) is 10.8 Å². The summed E-state index contributed by atoms with van der Waals surface area (Å²) in [5, 5.41) is 4.15. The molecule has 6 nitrogen and oxygen atoms in total. The first-order chi connectivity index (χ1) is 11.7. The lowest BCUT2D eigenvalue weighted by atomic mass is 9.89. The van der Waals surface area contributed by atoms with E-state index in [1.54, 1.807) is 24.3 Å². The molecule has 1 aromatic heterocycles. The van der Waals surface area contributed by atoms with E-state index >= 15 is 0 Å². The Bertz CT molecular complexity index is 822. The number of hydrogen-bond donors (Lipinski definition) is 1. The first kappa shape index (κ1) is 15.4. The summed E-state index contributed by atoms with van der Waals surface area (Å²) < 4.78 is 16.5. The third kappa shape index (κ3) is 2.83. The summed E-state index contributed by atoms with van der Waals surface area (Å²) in [7, 11) is 0. The number of carbonyl (C=O) groups is 1. The van der Waals surface area contributed by atoms with Crippen molar-refractivity contribution in [1.82, 2.24) is 5.32 Å². The number of nitrogens with one attached hydrogen (secondary N) is 1. The lowest BCUT2D eigenvalue weighted by molar-refractivity contribution is -0.0881. The minimum Gasteiger partial charge on any atom is -0.417 e. The Morgan fingerprint density at radius 1 is 1.25 bits per heavy atom. The van der Waals surface area contributed by atoms with Gasteiger partial charge in [-0.3, -0.25) is 4.79 Å². The fourth-order valence-corrected chi connectivity index (χ4v) is 3.52. The summed E-state index contributed by atoms with van der Waals surface area (Å²) >= 11 is 0. The Hall–Kier alpha value is -2.18. The molecule has 3 heterocycles. The molecule has 1 spiro atoms. The van der Waals surface area contributed by atoms with Crippen LogP contribution in [0.2, 0.25) is 0 Å². The summed E-state index contributed by atoms with van der Waals surface area (Å²) in [6.45, 7) is 1.86. The molecule has 0 radical (unpaired) electrons. The average molecular weight is 329 g/mol. The van der Waals surface area contributed by atoms with Gasteiger partial charge in [0.05, 0.1) is 17.6 Å². The highest BCUT2D eigenvalue weighted by molar-refractivity contribution is 5.95. The van der Waals surface area contributed by atoms with Gasteiger partial charge in [-0.25, -0.2) is 4.79 Å². The highest BCUT2D eigenvalue weighted by atomic mass is 16.6. The van der Waals surface area contributed by atoms with Crippen molar-refractivity contribution >= 4 is 16.7 Å². The van der Waals surface area contributed by atoms with Gasteiger partial charge in [0.15, 0.2) is 5.76 Å². The normalized spacial score (nSPS) is 26.8. The molecule has 126 valence electrons. The molecule has 2 fully saturated rings. The Kier molecular flexibility index (Phi) is 3.86. The number of fused-ring (bicyclic) bond motifs is 1. The molecular weight excluding hydrogens is 310 g/mol. The fraction of sp³-hybridized carbons (Fsp3) is 0.444. The van der Waals surface area contributed by atoms with E-state index in [0.717, 1.165) is 19.3 Å². The van der Waals surface area contributed by atoms with Crippen LogP contribution in [0.15, 0.2) is 39.5 Å². The smallest absolute Gasteiger partial charge is 0.344 e.